The number of ether oxygens (including phenoxy) is 1. The van der Waals surface area contributed by atoms with Gasteiger partial charge in [0.1, 0.15) is 0 Å². The van der Waals surface area contributed by atoms with Gasteiger partial charge in [-0.05, 0) is 25.7 Å². The molecule has 0 aromatic heterocycles. The first-order valence-electron chi connectivity index (χ1n) is 31.3. The number of amides is 1. The van der Waals surface area contributed by atoms with Gasteiger partial charge in [0.2, 0.25) is 5.91 Å². The van der Waals surface area contributed by atoms with Gasteiger partial charge in [-0.15, -0.1) is 0 Å². The summed E-state index contributed by atoms with van der Waals surface area (Å²) in [6.07, 6.45) is 68.2. The summed E-state index contributed by atoms with van der Waals surface area (Å²) in [5.74, 6) is -0.0340. The summed E-state index contributed by atoms with van der Waals surface area (Å²) in [5, 5.41) is 23.4. The number of nitrogens with one attached hydrogen (secondary N) is 1. The Morgan fingerprint density at radius 2 is 0.603 bits per heavy atom. The van der Waals surface area contributed by atoms with Crippen molar-refractivity contribution in [2.45, 2.75) is 373 Å². The summed E-state index contributed by atoms with van der Waals surface area (Å²) in [5.41, 5.74) is 0. The molecule has 0 rings (SSSR count). The van der Waals surface area contributed by atoms with Crippen LogP contribution in [0.1, 0.15) is 361 Å². The molecular weight excluding hydrogens is 839 g/mol. The van der Waals surface area contributed by atoms with Crippen LogP contribution in [0.5, 0.6) is 0 Å². The van der Waals surface area contributed by atoms with Crippen molar-refractivity contribution in [1.29, 1.82) is 0 Å². The highest BCUT2D eigenvalue weighted by atomic mass is 16.5. The van der Waals surface area contributed by atoms with Crippen LogP contribution >= 0.6 is 0 Å². The van der Waals surface area contributed by atoms with Crippen LogP contribution in [-0.2, 0) is 14.3 Å². The maximum absolute atomic E-state index is 12.5. The van der Waals surface area contributed by atoms with Crippen LogP contribution in [0.4, 0.5) is 0 Å². The molecule has 0 radical (unpaired) electrons. The molecule has 0 heterocycles. The predicted octanol–water partition coefficient (Wildman–Crippen LogP) is 19.5. The van der Waals surface area contributed by atoms with Gasteiger partial charge in [0, 0.05) is 12.8 Å². The van der Waals surface area contributed by atoms with E-state index in [2.05, 4.69) is 19.2 Å². The number of rotatable bonds is 59. The van der Waals surface area contributed by atoms with Crippen LogP contribution < -0.4 is 5.32 Å². The number of esters is 1. The zero-order chi connectivity index (χ0) is 49.3. The van der Waals surface area contributed by atoms with Crippen molar-refractivity contribution in [2.24, 2.45) is 0 Å². The lowest BCUT2D eigenvalue weighted by atomic mass is 10.0. The molecule has 2 unspecified atom stereocenters. The molecule has 0 bridgehead atoms. The van der Waals surface area contributed by atoms with Gasteiger partial charge in [-0.1, -0.05) is 322 Å². The van der Waals surface area contributed by atoms with Gasteiger partial charge in [0.05, 0.1) is 25.4 Å². The quantitative estimate of drug-likeness (QED) is 0.0417. The molecule has 406 valence electrons. The summed E-state index contributed by atoms with van der Waals surface area (Å²) in [4.78, 5) is 24.6. The molecule has 0 saturated heterocycles. The van der Waals surface area contributed by atoms with Gasteiger partial charge in [0.15, 0.2) is 0 Å². The van der Waals surface area contributed by atoms with Crippen LogP contribution in [0.15, 0.2) is 0 Å². The first-order valence-corrected chi connectivity index (χ1v) is 31.3. The van der Waals surface area contributed by atoms with E-state index in [0.717, 1.165) is 44.9 Å². The van der Waals surface area contributed by atoms with Gasteiger partial charge in [0.25, 0.3) is 0 Å². The first kappa shape index (κ1) is 66.9. The van der Waals surface area contributed by atoms with E-state index in [9.17, 15) is 19.8 Å². The van der Waals surface area contributed by atoms with Crippen molar-refractivity contribution < 1.29 is 24.5 Å². The molecule has 3 N–H and O–H groups in total. The number of carbonyl (C=O) groups excluding carboxylic acids is 2. The van der Waals surface area contributed by atoms with Crippen LogP contribution in [-0.4, -0.2) is 47.4 Å². The van der Waals surface area contributed by atoms with Crippen molar-refractivity contribution in [1.82, 2.24) is 5.32 Å². The summed E-state index contributed by atoms with van der Waals surface area (Å²) < 4.78 is 5.48. The SMILES string of the molecule is CCCCCCCCCCCCCCCCCCCCCCCCC(O)C(CO)NC(=O)CCCCCCCCCCCCCCCCCOC(=O)CCCCCCCCCCCCCCCC. The van der Waals surface area contributed by atoms with Crippen molar-refractivity contribution in [3.05, 3.63) is 0 Å². The lowest BCUT2D eigenvalue weighted by Crippen LogP contribution is -2.45. The van der Waals surface area contributed by atoms with Gasteiger partial charge >= 0.3 is 5.97 Å². The maximum atomic E-state index is 12.5. The van der Waals surface area contributed by atoms with E-state index >= 15 is 0 Å². The van der Waals surface area contributed by atoms with E-state index in [0.29, 0.717) is 25.9 Å². The minimum Gasteiger partial charge on any atom is -0.466 e. The first-order chi connectivity index (χ1) is 33.5. The Bertz CT molecular complexity index is 975. The monoisotopic (exact) mass is 962 g/mol. The largest absolute Gasteiger partial charge is 0.466 e. The lowest BCUT2D eigenvalue weighted by Gasteiger charge is -2.22. The average Bonchev–Trinajstić information content (AvgIpc) is 3.34. The molecule has 0 aliphatic heterocycles. The highest BCUT2D eigenvalue weighted by Gasteiger charge is 2.20. The van der Waals surface area contributed by atoms with Crippen LogP contribution in [0.2, 0.25) is 0 Å². The summed E-state index contributed by atoms with van der Waals surface area (Å²) in [7, 11) is 0. The highest BCUT2D eigenvalue weighted by Crippen LogP contribution is 2.19. The van der Waals surface area contributed by atoms with Crippen molar-refractivity contribution in [2.75, 3.05) is 13.2 Å². The fraction of sp³-hybridized carbons (Fsp3) is 0.968. The molecule has 6 nitrogen and oxygen atoms in total. The Balaban J connectivity index is 3.41. The number of hydrogen-bond acceptors (Lipinski definition) is 5. The summed E-state index contributed by atoms with van der Waals surface area (Å²) >= 11 is 0. The van der Waals surface area contributed by atoms with Gasteiger partial charge in [-0.2, -0.15) is 0 Å². The van der Waals surface area contributed by atoms with E-state index in [4.69, 9.17) is 4.74 Å². The van der Waals surface area contributed by atoms with Crippen molar-refractivity contribution in [3.63, 3.8) is 0 Å². The minimum absolute atomic E-state index is 0.00448. The van der Waals surface area contributed by atoms with E-state index in [1.54, 1.807) is 0 Å². The molecule has 68 heavy (non-hydrogen) atoms. The molecule has 0 aromatic carbocycles. The lowest BCUT2D eigenvalue weighted by molar-refractivity contribution is -0.143. The zero-order valence-electron chi connectivity index (χ0n) is 46.4. The molecule has 0 aliphatic rings. The zero-order valence-corrected chi connectivity index (χ0v) is 46.4. The third-order valence-electron chi connectivity index (χ3n) is 14.9. The second-order valence-electron chi connectivity index (χ2n) is 21.8. The minimum atomic E-state index is -0.670. The van der Waals surface area contributed by atoms with Crippen molar-refractivity contribution >= 4 is 11.9 Å². The average molecular weight is 963 g/mol. The van der Waals surface area contributed by atoms with Gasteiger partial charge < -0.3 is 20.3 Å². The fourth-order valence-corrected chi connectivity index (χ4v) is 10.1. The molecule has 0 saturated carbocycles. The fourth-order valence-electron chi connectivity index (χ4n) is 10.1. The second kappa shape index (κ2) is 58.4. The number of carbonyl (C=O) groups is 2. The number of aliphatic hydroxyl groups is 2. The summed E-state index contributed by atoms with van der Waals surface area (Å²) in [6, 6.07) is -0.547. The van der Waals surface area contributed by atoms with E-state index in [1.165, 1.54) is 283 Å². The van der Waals surface area contributed by atoms with E-state index < -0.39 is 12.1 Å². The molecule has 0 aromatic rings. The van der Waals surface area contributed by atoms with Crippen LogP contribution in [0.3, 0.4) is 0 Å². The van der Waals surface area contributed by atoms with Crippen molar-refractivity contribution in [3.8, 4) is 0 Å². The van der Waals surface area contributed by atoms with Gasteiger partial charge in [-0.3, -0.25) is 9.59 Å². The Morgan fingerprint density at radius 3 is 0.897 bits per heavy atom. The third kappa shape index (κ3) is 54.2. The smallest absolute Gasteiger partial charge is 0.305 e. The van der Waals surface area contributed by atoms with Crippen LogP contribution in [0, 0.1) is 0 Å². The van der Waals surface area contributed by atoms with E-state index in [-0.39, 0.29) is 18.5 Å². The van der Waals surface area contributed by atoms with Crippen LogP contribution in [0.25, 0.3) is 0 Å². The third-order valence-corrected chi connectivity index (χ3v) is 14.9. The molecular formula is C62H123NO5. The topological polar surface area (TPSA) is 95.9 Å². The normalized spacial score (nSPS) is 12.5. The molecule has 1 amide bonds. The Morgan fingerprint density at radius 1 is 0.353 bits per heavy atom. The molecule has 0 fully saturated rings. The van der Waals surface area contributed by atoms with Gasteiger partial charge in [-0.25, -0.2) is 0 Å². The molecule has 0 spiro atoms. The number of hydrogen-bond donors (Lipinski definition) is 3. The Hall–Kier alpha value is -1.14. The number of unbranched alkanes of at least 4 members (excludes halogenated alkanes) is 48. The predicted molar refractivity (Wildman–Crippen MR) is 297 cm³/mol. The number of aliphatic hydroxyl groups excluding tert-OH is 2. The molecule has 6 heteroatoms. The maximum Gasteiger partial charge on any atom is 0.305 e. The highest BCUT2D eigenvalue weighted by molar-refractivity contribution is 5.76. The summed E-state index contributed by atoms with van der Waals surface area (Å²) in [6.45, 7) is 4.97. The standard InChI is InChI=1S/C62H123NO5/c1-3-5-7-9-11-13-15-17-19-20-21-22-23-24-25-27-30-34-38-42-46-50-54-60(65)59(58-64)63-61(66)55-51-47-43-39-35-31-28-26-29-33-37-41-45-49-53-57-68-62(67)56-52-48-44-40-36-32-18-16-14-12-10-8-6-4-2/h59-60,64-65H,3-58H2,1-2H3,(H,63,66). The molecule has 0 aliphatic carbocycles. The second-order valence-corrected chi connectivity index (χ2v) is 21.8. The Kier molecular flexibility index (Phi) is 57.5. The Labute approximate surface area is 426 Å². The van der Waals surface area contributed by atoms with E-state index in [1.807, 2.05) is 0 Å². The molecule has 2 atom stereocenters.